The Labute approximate surface area is 158 Å². The lowest BCUT2D eigenvalue weighted by Gasteiger charge is -2.13. The van der Waals surface area contributed by atoms with Crippen molar-refractivity contribution < 1.29 is 9.72 Å². The van der Waals surface area contributed by atoms with Crippen LogP contribution in [0.1, 0.15) is 5.56 Å². The minimum atomic E-state index is -0.496. The molecule has 1 aliphatic rings. The van der Waals surface area contributed by atoms with E-state index in [2.05, 4.69) is 0 Å². The molecule has 3 rings (SSSR count). The highest BCUT2D eigenvalue weighted by atomic mass is 32.2. The maximum atomic E-state index is 12.7. The van der Waals surface area contributed by atoms with Gasteiger partial charge in [-0.2, -0.15) is 0 Å². The van der Waals surface area contributed by atoms with Crippen LogP contribution >= 0.6 is 35.7 Å². The number of hydrogen-bond acceptors (Lipinski definition) is 6. The maximum Gasteiger partial charge on any atom is 0.271 e. The summed E-state index contributed by atoms with van der Waals surface area (Å²) in [5.41, 5.74) is 1.22. The first-order valence-electron chi connectivity index (χ1n) is 7.16. The molecule has 1 heterocycles. The monoisotopic (exact) mass is 388 g/mol. The summed E-state index contributed by atoms with van der Waals surface area (Å²) < 4.78 is 0.359. The van der Waals surface area contributed by atoms with Crippen molar-refractivity contribution in [3.05, 3.63) is 69.1 Å². The molecule has 0 bridgehead atoms. The Hall–Kier alpha value is -2.16. The number of thioether (sulfide) groups is 2. The predicted octanol–water partition coefficient (Wildman–Crippen LogP) is 4.72. The fourth-order valence-electron chi connectivity index (χ4n) is 2.29. The van der Waals surface area contributed by atoms with Gasteiger partial charge in [-0.15, -0.1) is 11.8 Å². The highest BCUT2D eigenvalue weighted by molar-refractivity contribution is 8.27. The van der Waals surface area contributed by atoms with Crippen LogP contribution in [0, 0.1) is 10.1 Å². The molecule has 25 heavy (non-hydrogen) atoms. The Kier molecular flexibility index (Phi) is 5.22. The van der Waals surface area contributed by atoms with E-state index in [1.807, 2.05) is 30.5 Å². The van der Waals surface area contributed by atoms with Crippen LogP contribution < -0.4 is 4.90 Å². The van der Waals surface area contributed by atoms with Gasteiger partial charge in [0.2, 0.25) is 0 Å². The van der Waals surface area contributed by atoms with Gasteiger partial charge in [-0.05, 0) is 36.1 Å². The molecule has 1 aliphatic heterocycles. The summed E-state index contributed by atoms with van der Waals surface area (Å²) in [5.74, 6) is -0.274. The topological polar surface area (TPSA) is 63.4 Å². The number of amides is 1. The SMILES string of the molecule is CSc1ccc(/C=C2/SC(=S)N(c3cccc([N+](=O)[O-])c3)C2=O)cc1. The van der Waals surface area contributed by atoms with E-state index in [0.717, 1.165) is 10.5 Å². The van der Waals surface area contributed by atoms with Crippen LogP contribution in [0.15, 0.2) is 58.3 Å². The summed E-state index contributed by atoms with van der Waals surface area (Å²) in [6.07, 6.45) is 3.78. The molecule has 0 atom stereocenters. The lowest BCUT2D eigenvalue weighted by Crippen LogP contribution is -2.27. The lowest BCUT2D eigenvalue weighted by atomic mass is 10.2. The van der Waals surface area contributed by atoms with Crippen LogP contribution in [-0.4, -0.2) is 21.4 Å². The molecule has 5 nitrogen and oxygen atoms in total. The Balaban J connectivity index is 1.90. The fourth-order valence-corrected chi connectivity index (χ4v) is 3.99. The van der Waals surface area contributed by atoms with Gasteiger partial charge < -0.3 is 0 Å². The van der Waals surface area contributed by atoms with Gasteiger partial charge in [0, 0.05) is 17.0 Å². The van der Waals surface area contributed by atoms with Crippen LogP contribution in [-0.2, 0) is 4.79 Å². The summed E-state index contributed by atoms with van der Waals surface area (Å²) in [7, 11) is 0. The van der Waals surface area contributed by atoms with Crippen LogP contribution in [0.3, 0.4) is 0 Å². The molecule has 0 unspecified atom stereocenters. The van der Waals surface area contributed by atoms with Gasteiger partial charge >= 0.3 is 0 Å². The number of carbonyl (C=O) groups is 1. The molecule has 126 valence electrons. The standard InChI is InChI=1S/C17H12N2O3S3/c1-24-14-7-5-11(6-8-14)9-15-16(20)18(17(23)25-15)12-3-2-4-13(10-12)19(21)22/h2-10H,1H3/b15-9+. The first kappa shape index (κ1) is 17.7. The molecule has 0 spiro atoms. The minimum absolute atomic E-state index is 0.0804. The van der Waals surface area contributed by atoms with Crippen molar-refractivity contribution in [3.8, 4) is 0 Å². The van der Waals surface area contributed by atoms with Crippen molar-refractivity contribution in [1.82, 2.24) is 0 Å². The largest absolute Gasteiger partial charge is 0.271 e. The maximum absolute atomic E-state index is 12.7. The number of nitro benzene ring substituents is 1. The number of non-ortho nitro benzene ring substituents is 1. The average Bonchev–Trinajstić information content (AvgIpc) is 2.89. The van der Waals surface area contributed by atoms with Crippen LogP contribution in [0.25, 0.3) is 6.08 Å². The van der Waals surface area contributed by atoms with E-state index < -0.39 is 4.92 Å². The molecule has 0 aromatic heterocycles. The second kappa shape index (κ2) is 7.38. The first-order valence-corrected chi connectivity index (χ1v) is 9.61. The van der Waals surface area contributed by atoms with E-state index in [9.17, 15) is 14.9 Å². The van der Waals surface area contributed by atoms with Crippen LogP contribution in [0.4, 0.5) is 11.4 Å². The minimum Gasteiger partial charge on any atom is -0.268 e. The van der Waals surface area contributed by atoms with Crippen LogP contribution in [0.5, 0.6) is 0 Å². The van der Waals surface area contributed by atoms with Gasteiger partial charge in [0.25, 0.3) is 11.6 Å². The Bertz CT molecular complexity index is 894. The Morgan fingerprint density at radius 1 is 1.24 bits per heavy atom. The molecule has 0 radical (unpaired) electrons. The molecule has 0 aliphatic carbocycles. The third kappa shape index (κ3) is 3.76. The molecule has 1 amide bonds. The Morgan fingerprint density at radius 2 is 1.96 bits per heavy atom. The molecular formula is C17H12N2O3S3. The van der Waals surface area contributed by atoms with Crippen LogP contribution in [0.2, 0.25) is 0 Å². The number of benzene rings is 2. The summed E-state index contributed by atoms with van der Waals surface area (Å²) in [6, 6.07) is 13.7. The molecule has 1 saturated heterocycles. The number of thiocarbonyl (C=S) groups is 1. The van der Waals surface area contributed by atoms with Gasteiger partial charge in [-0.25, -0.2) is 0 Å². The molecule has 2 aromatic rings. The second-order valence-electron chi connectivity index (χ2n) is 5.07. The van der Waals surface area contributed by atoms with Gasteiger partial charge in [0.1, 0.15) is 0 Å². The summed E-state index contributed by atoms with van der Waals surface area (Å²) in [6.45, 7) is 0. The van der Waals surface area contributed by atoms with Crippen molar-refractivity contribution in [1.29, 1.82) is 0 Å². The van der Waals surface area contributed by atoms with E-state index in [1.165, 1.54) is 34.9 Å². The number of carbonyl (C=O) groups excluding carboxylic acids is 1. The number of hydrogen-bond donors (Lipinski definition) is 0. The van der Waals surface area contributed by atoms with Gasteiger partial charge in [0.05, 0.1) is 15.5 Å². The summed E-state index contributed by atoms with van der Waals surface area (Å²) >= 11 is 8.13. The molecular weight excluding hydrogens is 376 g/mol. The van der Waals surface area contributed by atoms with Crippen molar-refractivity contribution in [2.75, 3.05) is 11.2 Å². The number of anilines is 1. The smallest absolute Gasteiger partial charge is 0.268 e. The van der Waals surface area contributed by atoms with Gasteiger partial charge in [0.15, 0.2) is 4.32 Å². The second-order valence-corrected chi connectivity index (χ2v) is 7.62. The van der Waals surface area contributed by atoms with Crippen molar-refractivity contribution >= 4 is 63.4 Å². The van der Waals surface area contributed by atoms with Crippen molar-refractivity contribution in [3.63, 3.8) is 0 Å². The zero-order valence-electron chi connectivity index (χ0n) is 13.0. The number of rotatable bonds is 4. The van der Waals surface area contributed by atoms with E-state index in [-0.39, 0.29) is 11.6 Å². The molecule has 0 saturated carbocycles. The fraction of sp³-hybridized carbons (Fsp3) is 0.0588. The molecule has 1 fully saturated rings. The zero-order valence-corrected chi connectivity index (χ0v) is 15.5. The third-order valence-electron chi connectivity index (χ3n) is 3.51. The van der Waals surface area contributed by atoms with E-state index in [0.29, 0.717) is 14.9 Å². The summed E-state index contributed by atoms with van der Waals surface area (Å²) in [5, 5.41) is 10.9. The highest BCUT2D eigenvalue weighted by Crippen LogP contribution is 2.37. The van der Waals surface area contributed by atoms with Crippen molar-refractivity contribution in [2.24, 2.45) is 0 Å². The third-order valence-corrected chi connectivity index (χ3v) is 5.55. The number of nitrogens with zero attached hydrogens (tertiary/aromatic N) is 2. The average molecular weight is 388 g/mol. The predicted molar refractivity (Wildman–Crippen MR) is 107 cm³/mol. The van der Waals surface area contributed by atoms with Gasteiger partial charge in [-0.1, -0.05) is 42.2 Å². The van der Waals surface area contributed by atoms with Crippen molar-refractivity contribution in [2.45, 2.75) is 4.90 Å². The molecule has 8 heteroatoms. The van der Waals surface area contributed by atoms with E-state index in [4.69, 9.17) is 12.2 Å². The van der Waals surface area contributed by atoms with E-state index >= 15 is 0 Å². The lowest BCUT2D eigenvalue weighted by molar-refractivity contribution is -0.384. The zero-order chi connectivity index (χ0) is 18.0. The quantitative estimate of drug-likeness (QED) is 0.248. The van der Waals surface area contributed by atoms with E-state index in [1.54, 1.807) is 23.9 Å². The first-order chi connectivity index (χ1) is 12.0. The normalized spacial score (nSPS) is 15.9. The Morgan fingerprint density at radius 3 is 2.60 bits per heavy atom. The molecule has 0 N–H and O–H groups in total. The molecule has 2 aromatic carbocycles. The van der Waals surface area contributed by atoms with Gasteiger partial charge in [-0.3, -0.25) is 19.8 Å². The summed E-state index contributed by atoms with van der Waals surface area (Å²) in [4.78, 5) is 26.1. The number of nitro groups is 1. The highest BCUT2D eigenvalue weighted by Gasteiger charge is 2.33.